The lowest BCUT2D eigenvalue weighted by atomic mass is 10.0. The van der Waals surface area contributed by atoms with Crippen molar-refractivity contribution in [1.29, 1.82) is 0 Å². The third kappa shape index (κ3) is 5.00. The summed E-state index contributed by atoms with van der Waals surface area (Å²) in [4.78, 5) is 29.9. The van der Waals surface area contributed by atoms with Crippen LogP contribution in [0.1, 0.15) is 13.8 Å². The van der Waals surface area contributed by atoms with E-state index in [-0.39, 0.29) is 12.2 Å². The molecule has 1 atom stereocenters. The number of carbonyl (C=O) groups excluding carboxylic acids is 1. The zero-order valence-electron chi connectivity index (χ0n) is 18.0. The molecule has 1 fully saturated rings. The number of anilines is 1. The van der Waals surface area contributed by atoms with Crippen molar-refractivity contribution in [2.24, 2.45) is 0 Å². The summed E-state index contributed by atoms with van der Waals surface area (Å²) in [5, 5.41) is 1.61. The molecule has 7 nitrogen and oxygen atoms in total. The number of ether oxygens (including phenoxy) is 1. The van der Waals surface area contributed by atoms with Crippen LogP contribution >= 0.6 is 20.8 Å². The topological polar surface area (TPSA) is 71.5 Å². The molecule has 0 aliphatic carbocycles. The molecule has 1 aromatic carbocycles. The van der Waals surface area contributed by atoms with Crippen LogP contribution in [0.3, 0.4) is 0 Å². The lowest BCUT2D eigenvalue weighted by molar-refractivity contribution is 0.0751. The van der Waals surface area contributed by atoms with E-state index in [1.165, 1.54) is 0 Å². The van der Waals surface area contributed by atoms with Gasteiger partial charge in [-0.1, -0.05) is 35.9 Å². The van der Waals surface area contributed by atoms with Crippen molar-refractivity contribution in [3.05, 3.63) is 53.9 Å². The van der Waals surface area contributed by atoms with Crippen LogP contribution < -0.4 is 10.2 Å². The number of halogens is 1. The number of piperazine rings is 1. The van der Waals surface area contributed by atoms with Gasteiger partial charge in [-0.15, -0.1) is 9.24 Å². The van der Waals surface area contributed by atoms with Gasteiger partial charge in [0.25, 0.3) is 0 Å². The Kier molecular flexibility index (Phi) is 6.87. The SMILES string of the molecule is CC(C)OC(=O)N1CCN(c2cnc(-c3ccc(P)cc3)c(-c3ccncc3Cl)n2)CC1. The predicted octanol–water partition coefficient (Wildman–Crippen LogP) is 4.03. The van der Waals surface area contributed by atoms with Crippen molar-refractivity contribution >= 4 is 38.1 Å². The van der Waals surface area contributed by atoms with E-state index < -0.39 is 0 Å². The van der Waals surface area contributed by atoms with Crippen LogP contribution in [0.4, 0.5) is 10.6 Å². The summed E-state index contributed by atoms with van der Waals surface area (Å²) >= 11 is 6.47. The molecular formula is C23H25ClN5O2P. The van der Waals surface area contributed by atoms with Crippen molar-refractivity contribution in [3.63, 3.8) is 0 Å². The minimum Gasteiger partial charge on any atom is -0.447 e. The first-order valence-corrected chi connectivity index (χ1v) is 11.4. The second kappa shape index (κ2) is 9.80. The summed E-state index contributed by atoms with van der Waals surface area (Å²) in [6.07, 6.45) is 4.68. The maximum absolute atomic E-state index is 12.2. The molecule has 1 amide bonds. The van der Waals surface area contributed by atoms with Crippen LogP contribution in [0, 0.1) is 0 Å². The van der Waals surface area contributed by atoms with Crippen LogP contribution in [-0.2, 0) is 4.74 Å². The average molecular weight is 470 g/mol. The Morgan fingerprint density at radius 2 is 1.78 bits per heavy atom. The minimum atomic E-state index is -0.275. The molecule has 2 aromatic heterocycles. The molecule has 0 spiro atoms. The Morgan fingerprint density at radius 1 is 1.06 bits per heavy atom. The molecule has 1 unspecified atom stereocenters. The fraction of sp³-hybridized carbons (Fsp3) is 0.304. The molecule has 0 N–H and O–H groups in total. The summed E-state index contributed by atoms with van der Waals surface area (Å²) in [5.41, 5.74) is 3.19. The lowest BCUT2D eigenvalue weighted by Crippen LogP contribution is -2.49. The normalized spacial score (nSPS) is 14.0. The van der Waals surface area contributed by atoms with Crippen LogP contribution in [0.25, 0.3) is 22.5 Å². The van der Waals surface area contributed by atoms with Crippen LogP contribution in [-0.4, -0.2) is 58.2 Å². The molecule has 1 aliphatic rings. The fourth-order valence-corrected chi connectivity index (χ4v) is 3.94. The van der Waals surface area contributed by atoms with E-state index >= 15 is 0 Å². The summed E-state index contributed by atoms with van der Waals surface area (Å²) in [5.74, 6) is 0.746. The van der Waals surface area contributed by atoms with Gasteiger partial charge in [0.05, 0.1) is 23.0 Å². The molecule has 9 heteroatoms. The van der Waals surface area contributed by atoms with E-state index in [1.54, 1.807) is 23.5 Å². The van der Waals surface area contributed by atoms with E-state index in [0.717, 1.165) is 27.9 Å². The van der Waals surface area contributed by atoms with Crippen molar-refractivity contribution in [2.45, 2.75) is 20.0 Å². The van der Waals surface area contributed by atoms with Crippen molar-refractivity contribution < 1.29 is 9.53 Å². The molecule has 32 heavy (non-hydrogen) atoms. The van der Waals surface area contributed by atoms with Gasteiger partial charge in [-0.2, -0.15) is 0 Å². The first-order chi connectivity index (χ1) is 15.4. The number of hydrogen-bond acceptors (Lipinski definition) is 6. The predicted molar refractivity (Wildman–Crippen MR) is 130 cm³/mol. The first-order valence-electron chi connectivity index (χ1n) is 10.5. The number of rotatable bonds is 4. The molecule has 1 saturated heterocycles. The summed E-state index contributed by atoms with van der Waals surface area (Å²) in [6.45, 7) is 6.12. The number of carbonyl (C=O) groups is 1. The quantitative estimate of drug-likeness (QED) is 0.537. The van der Waals surface area contributed by atoms with E-state index in [9.17, 15) is 4.79 Å². The maximum atomic E-state index is 12.2. The van der Waals surface area contributed by atoms with Gasteiger partial charge in [0, 0.05) is 49.7 Å². The Balaban J connectivity index is 1.64. The van der Waals surface area contributed by atoms with Crippen molar-refractivity contribution in [3.8, 4) is 22.5 Å². The minimum absolute atomic E-state index is 0.132. The third-order valence-corrected chi connectivity index (χ3v) is 5.86. The monoisotopic (exact) mass is 469 g/mol. The summed E-state index contributed by atoms with van der Waals surface area (Å²) < 4.78 is 5.31. The number of amides is 1. The number of benzene rings is 1. The van der Waals surface area contributed by atoms with E-state index in [2.05, 4.69) is 19.1 Å². The maximum Gasteiger partial charge on any atom is 0.410 e. The highest BCUT2D eigenvalue weighted by atomic mass is 35.5. The number of aromatic nitrogens is 3. The van der Waals surface area contributed by atoms with Gasteiger partial charge in [-0.3, -0.25) is 9.97 Å². The van der Waals surface area contributed by atoms with Gasteiger partial charge < -0.3 is 14.5 Å². The Bertz CT molecular complexity index is 1100. The van der Waals surface area contributed by atoms with Gasteiger partial charge in [0.15, 0.2) is 0 Å². The third-order valence-electron chi connectivity index (χ3n) is 5.17. The molecule has 0 saturated carbocycles. The molecular weight excluding hydrogens is 445 g/mol. The average Bonchev–Trinajstić information content (AvgIpc) is 2.79. The number of pyridine rings is 1. The molecule has 0 radical (unpaired) electrons. The van der Waals surface area contributed by atoms with Gasteiger partial charge in [0.2, 0.25) is 0 Å². The zero-order chi connectivity index (χ0) is 22.7. The Morgan fingerprint density at radius 3 is 2.44 bits per heavy atom. The second-order valence-corrected chi connectivity index (χ2v) is 8.88. The van der Waals surface area contributed by atoms with E-state index in [0.29, 0.717) is 36.9 Å². The van der Waals surface area contributed by atoms with Gasteiger partial charge >= 0.3 is 6.09 Å². The Hall–Kier alpha value is -2.76. The molecule has 0 bridgehead atoms. The molecule has 4 rings (SSSR count). The number of hydrogen-bond donors (Lipinski definition) is 0. The fourth-order valence-electron chi connectivity index (χ4n) is 3.53. The van der Waals surface area contributed by atoms with E-state index in [4.69, 9.17) is 26.3 Å². The van der Waals surface area contributed by atoms with Gasteiger partial charge in [0.1, 0.15) is 11.5 Å². The van der Waals surface area contributed by atoms with Crippen molar-refractivity contribution in [1.82, 2.24) is 19.9 Å². The van der Waals surface area contributed by atoms with Gasteiger partial charge in [-0.25, -0.2) is 9.78 Å². The first kappa shape index (κ1) is 22.4. The largest absolute Gasteiger partial charge is 0.447 e. The van der Waals surface area contributed by atoms with Gasteiger partial charge in [-0.05, 0) is 25.2 Å². The molecule has 166 valence electrons. The smallest absolute Gasteiger partial charge is 0.410 e. The standard InChI is InChI=1S/C23H25ClN5O2P/c1-15(2)31-23(30)29-11-9-28(10-12-29)20-14-26-21(16-3-5-17(32)6-4-16)22(27-20)18-7-8-25-13-19(18)24/h3-8,13-15H,9-12,32H2,1-2H3. The highest BCUT2D eigenvalue weighted by Crippen LogP contribution is 2.34. The molecule has 3 heterocycles. The Labute approximate surface area is 195 Å². The van der Waals surface area contributed by atoms with Crippen LogP contribution in [0.2, 0.25) is 5.02 Å². The highest BCUT2D eigenvalue weighted by Gasteiger charge is 2.25. The summed E-state index contributed by atoms with van der Waals surface area (Å²) in [6, 6.07) is 9.92. The zero-order valence-corrected chi connectivity index (χ0v) is 19.9. The van der Waals surface area contributed by atoms with E-state index in [1.807, 2.05) is 44.2 Å². The van der Waals surface area contributed by atoms with Crippen LogP contribution in [0.5, 0.6) is 0 Å². The summed E-state index contributed by atoms with van der Waals surface area (Å²) in [7, 11) is 2.68. The second-order valence-electron chi connectivity index (χ2n) is 7.81. The molecule has 1 aliphatic heterocycles. The van der Waals surface area contributed by atoms with Crippen molar-refractivity contribution in [2.75, 3.05) is 31.1 Å². The highest BCUT2D eigenvalue weighted by molar-refractivity contribution is 7.27. The van der Waals surface area contributed by atoms with Crippen LogP contribution in [0.15, 0.2) is 48.9 Å². The molecule has 3 aromatic rings. The lowest BCUT2D eigenvalue weighted by Gasteiger charge is -2.35. The number of nitrogens with zero attached hydrogens (tertiary/aromatic N) is 5.